The lowest BCUT2D eigenvalue weighted by atomic mass is 9.98. The number of carbonyl (C=O) groups excluding carboxylic acids is 2. The standard InChI is InChI=1S/C11H19ClN2O2/c1-2-9-4-3-6-14(7-5-9)11(16)13-10(15)8-12/h9H,2-8H2,1H3,(H,13,15,16). The maximum atomic E-state index is 11.7. The van der Waals surface area contributed by atoms with Gasteiger partial charge in [0.1, 0.15) is 5.88 Å². The SMILES string of the molecule is CCC1CCCN(C(=O)NC(=O)CCl)CC1. The van der Waals surface area contributed by atoms with Gasteiger partial charge < -0.3 is 4.90 Å². The van der Waals surface area contributed by atoms with Crippen molar-refractivity contribution in [2.75, 3.05) is 19.0 Å². The number of imide groups is 1. The third-order valence-electron chi connectivity index (χ3n) is 3.08. The van der Waals surface area contributed by atoms with Crippen molar-refractivity contribution in [1.82, 2.24) is 10.2 Å². The molecule has 1 N–H and O–H groups in total. The number of likely N-dealkylation sites (tertiary alicyclic amines) is 1. The molecule has 0 aliphatic carbocycles. The second-order valence-electron chi connectivity index (χ2n) is 4.18. The Morgan fingerprint density at radius 2 is 2.12 bits per heavy atom. The van der Waals surface area contributed by atoms with Gasteiger partial charge in [0.25, 0.3) is 0 Å². The van der Waals surface area contributed by atoms with Crippen LogP contribution >= 0.6 is 11.6 Å². The van der Waals surface area contributed by atoms with Crippen LogP contribution in [0.25, 0.3) is 0 Å². The molecular weight excluding hydrogens is 228 g/mol. The molecule has 1 unspecified atom stereocenters. The predicted octanol–water partition coefficient (Wildman–Crippen LogP) is 1.97. The van der Waals surface area contributed by atoms with E-state index in [0.29, 0.717) is 5.92 Å². The molecule has 1 aliphatic heterocycles. The van der Waals surface area contributed by atoms with Crippen LogP contribution in [0, 0.1) is 5.92 Å². The van der Waals surface area contributed by atoms with Crippen LogP contribution in [0.2, 0.25) is 0 Å². The predicted molar refractivity (Wildman–Crippen MR) is 63.5 cm³/mol. The Kier molecular flexibility index (Phi) is 5.60. The fourth-order valence-corrected chi connectivity index (χ4v) is 2.08. The summed E-state index contributed by atoms with van der Waals surface area (Å²) in [5.74, 6) is 0.112. The average Bonchev–Trinajstić information content (AvgIpc) is 2.53. The monoisotopic (exact) mass is 246 g/mol. The van der Waals surface area contributed by atoms with E-state index in [0.717, 1.165) is 32.4 Å². The van der Waals surface area contributed by atoms with Crippen molar-refractivity contribution in [2.45, 2.75) is 32.6 Å². The van der Waals surface area contributed by atoms with E-state index in [2.05, 4.69) is 12.2 Å². The highest BCUT2D eigenvalue weighted by Crippen LogP contribution is 2.20. The molecule has 0 radical (unpaired) electrons. The van der Waals surface area contributed by atoms with Crippen LogP contribution in [-0.4, -0.2) is 35.8 Å². The lowest BCUT2D eigenvalue weighted by Crippen LogP contribution is -2.43. The molecule has 0 bridgehead atoms. The summed E-state index contributed by atoms with van der Waals surface area (Å²) in [6.45, 7) is 3.65. The summed E-state index contributed by atoms with van der Waals surface area (Å²) in [5, 5.41) is 2.28. The Balaban J connectivity index is 2.41. The molecule has 0 spiro atoms. The van der Waals surface area contributed by atoms with Crippen molar-refractivity contribution in [3.63, 3.8) is 0 Å². The molecule has 1 atom stereocenters. The van der Waals surface area contributed by atoms with E-state index in [9.17, 15) is 9.59 Å². The van der Waals surface area contributed by atoms with Gasteiger partial charge in [0.2, 0.25) is 5.91 Å². The van der Waals surface area contributed by atoms with E-state index < -0.39 is 5.91 Å². The summed E-state index contributed by atoms with van der Waals surface area (Å²) in [5.41, 5.74) is 0. The molecule has 1 heterocycles. The zero-order valence-electron chi connectivity index (χ0n) is 9.67. The summed E-state index contributed by atoms with van der Waals surface area (Å²) in [6, 6.07) is -0.303. The van der Waals surface area contributed by atoms with E-state index in [1.165, 1.54) is 6.42 Å². The van der Waals surface area contributed by atoms with Crippen LogP contribution in [0.3, 0.4) is 0 Å². The maximum Gasteiger partial charge on any atom is 0.324 e. The van der Waals surface area contributed by atoms with Gasteiger partial charge in [0.15, 0.2) is 0 Å². The number of carbonyl (C=O) groups is 2. The molecule has 1 saturated heterocycles. The van der Waals surface area contributed by atoms with Gasteiger partial charge in [0, 0.05) is 13.1 Å². The first-order chi connectivity index (χ1) is 7.67. The van der Waals surface area contributed by atoms with Gasteiger partial charge in [-0.2, -0.15) is 0 Å². The fraction of sp³-hybridized carbons (Fsp3) is 0.818. The first-order valence-corrected chi connectivity index (χ1v) is 6.35. The van der Waals surface area contributed by atoms with Gasteiger partial charge in [-0.05, 0) is 25.2 Å². The van der Waals surface area contributed by atoms with Crippen LogP contribution in [0.5, 0.6) is 0 Å². The highest BCUT2D eigenvalue weighted by molar-refractivity contribution is 6.28. The number of halogens is 1. The number of nitrogens with zero attached hydrogens (tertiary/aromatic N) is 1. The maximum absolute atomic E-state index is 11.7. The largest absolute Gasteiger partial charge is 0.324 e. The molecule has 5 heteroatoms. The smallest absolute Gasteiger partial charge is 0.324 e. The second kappa shape index (κ2) is 6.74. The molecule has 16 heavy (non-hydrogen) atoms. The van der Waals surface area contributed by atoms with Gasteiger partial charge in [-0.15, -0.1) is 11.6 Å². The summed E-state index contributed by atoms with van der Waals surface area (Å²) in [4.78, 5) is 24.3. The molecule has 3 amide bonds. The Labute approximate surface area is 101 Å². The first-order valence-electron chi connectivity index (χ1n) is 5.82. The van der Waals surface area contributed by atoms with Gasteiger partial charge >= 0.3 is 6.03 Å². The first kappa shape index (κ1) is 13.3. The zero-order valence-corrected chi connectivity index (χ0v) is 10.4. The number of hydrogen-bond donors (Lipinski definition) is 1. The minimum Gasteiger partial charge on any atom is -0.324 e. The minimum atomic E-state index is -0.428. The molecule has 0 aromatic heterocycles. The lowest BCUT2D eigenvalue weighted by molar-refractivity contribution is -0.117. The van der Waals surface area contributed by atoms with E-state index in [1.54, 1.807) is 4.90 Å². The van der Waals surface area contributed by atoms with E-state index in [1.807, 2.05) is 0 Å². The number of amides is 3. The van der Waals surface area contributed by atoms with Crippen LogP contribution in [0.1, 0.15) is 32.6 Å². The minimum absolute atomic E-state index is 0.169. The Hall–Kier alpha value is -0.770. The van der Waals surface area contributed by atoms with Crippen LogP contribution in [-0.2, 0) is 4.79 Å². The molecular formula is C11H19ClN2O2. The molecule has 0 saturated carbocycles. The van der Waals surface area contributed by atoms with Crippen LogP contribution in [0.15, 0.2) is 0 Å². The molecule has 1 aliphatic rings. The lowest BCUT2D eigenvalue weighted by Gasteiger charge is -2.20. The number of alkyl halides is 1. The number of urea groups is 1. The summed E-state index contributed by atoms with van der Waals surface area (Å²) in [6.07, 6.45) is 4.37. The van der Waals surface area contributed by atoms with Crippen molar-refractivity contribution in [1.29, 1.82) is 0 Å². The van der Waals surface area contributed by atoms with Crippen molar-refractivity contribution in [3.05, 3.63) is 0 Å². The third-order valence-corrected chi connectivity index (χ3v) is 3.32. The number of hydrogen-bond acceptors (Lipinski definition) is 2. The quantitative estimate of drug-likeness (QED) is 0.758. The third kappa shape index (κ3) is 4.00. The Morgan fingerprint density at radius 1 is 1.38 bits per heavy atom. The normalized spacial score (nSPS) is 21.4. The van der Waals surface area contributed by atoms with E-state index >= 15 is 0 Å². The van der Waals surface area contributed by atoms with Gasteiger partial charge in [-0.3, -0.25) is 10.1 Å². The molecule has 92 valence electrons. The van der Waals surface area contributed by atoms with E-state index in [-0.39, 0.29) is 11.9 Å². The summed E-state index contributed by atoms with van der Waals surface area (Å²) < 4.78 is 0. The van der Waals surface area contributed by atoms with Gasteiger partial charge in [-0.1, -0.05) is 13.3 Å². The Bertz CT molecular complexity index is 258. The van der Waals surface area contributed by atoms with E-state index in [4.69, 9.17) is 11.6 Å². The summed E-state index contributed by atoms with van der Waals surface area (Å²) >= 11 is 5.33. The second-order valence-corrected chi connectivity index (χ2v) is 4.45. The van der Waals surface area contributed by atoms with Crippen molar-refractivity contribution in [3.8, 4) is 0 Å². The summed E-state index contributed by atoms with van der Waals surface area (Å²) in [7, 11) is 0. The van der Waals surface area contributed by atoms with Crippen molar-refractivity contribution < 1.29 is 9.59 Å². The fourth-order valence-electron chi connectivity index (χ4n) is 2.01. The molecule has 1 fully saturated rings. The zero-order chi connectivity index (χ0) is 12.0. The molecule has 0 aromatic rings. The molecule has 1 rings (SSSR count). The van der Waals surface area contributed by atoms with Gasteiger partial charge in [-0.25, -0.2) is 4.79 Å². The van der Waals surface area contributed by atoms with Crippen molar-refractivity contribution in [2.24, 2.45) is 5.92 Å². The van der Waals surface area contributed by atoms with Gasteiger partial charge in [0.05, 0.1) is 0 Å². The highest BCUT2D eigenvalue weighted by Gasteiger charge is 2.20. The number of nitrogens with one attached hydrogen (secondary N) is 1. The Morgan fingerprint density at radius 3 is 2.75 bits per heavy atom. The average molecular weight is 247 g/mol. The molecule has 0 aromatic carbocycles. The topological polar surface area (TPSA) is 49.4 Å². The number of rotatable bonds is 2. The van der Waals surface area contributed by atoms with Crippen LogP contribution < -0.4 is 5.32 Å². The van der Waals surface area contributed by atoms with Crippen LogP contribution in [0.4, 0.5) is 4.79 Å². The van der Waals surface area contributed by atoms with Crippen molar-refractivity contribution >= 4 is 23.5 Å². The highest BCUT2D eigenvalue weighted by atomic mass is 35.5. The molecule has 4 nitrogen and oxygen atoms in total.